The van der Waals surface area contributed by atoms with E-state index >= 15 is 0 Å². The molecule has 0 saturated carbocycles. The summed E-state index contributed by atoms with van der Waals surface area (Å²) in [6, 6.07) is 2.24. The predicted molar refractivity (Wildman–Crippen MR) is 39.4 cm³/mol. The largest absolute Gasteiger partial charge is 1.00 e. The summed E-state index contributed by atoms with van der Waals surface area (Å²) in [7, 11) is 0. The molecule has 0 fully saturated rings. The fraction of sp³-hybridized carbons (Fsp3) is 0. The average molecular weight is 228 g/mol. The first-order valence-corrected chi connectivity index (χ1v) is 3.71. The van der Waals surface area contributed by atoms with Crippen molar-refractivity contribution in [1.29, 1.82) is 0 Å². The number of benzene rings is 1. The summed E-state index contributed by atoms with van der Waals surface area (Å²) in [6.45, 7) is 0. The Morgan fingerprint density at radius 2 is 0.778 bits per heavy atom. The second-order valence-electron chi connectivity index (χ2n) is 2.66. The van der Waals surface area contributed by atoms with Crippen molar-refractivity contribution in [3.63, 3.8) is 0 Å². The molecule has 0 unspecified atom stereocenters. The Bertz CT molecular complexity index is 381. The Morgan fingerprint density at radius 3 is 0.889 bits per heavy atom. The molecule has 1 aromatic carbocycles. The van der Waals surface area contributed by atoms with Gasteiger partial charge in [0.05, 0.1) is 17.9 Å². The third kappa shape index (κ3) is 5.85. The van der Waals surface area contributed by atoms with Gasteiger partial charge in [0.2, 0.25) is 0 Å². The molecule has 1 aromatic rings. The molecular weight excluding hydrogens is 225 g/mol. The molecule has 78 valence electrons. The molecular formula is C9H3Li3O6. The Morgan fingerprint density at radius 1 is 0.611 bits per heavy atom. The Kier molecular flexibility index (Phi) is 11.8. The summed E-state index contributed by atoms with van der Waals surface area (Å²) in [5.74, 6) is -5.04. The summed E-state index contributed by atoms with van der Waals surface area (Å²) in [5.41, 5.74) is -1.68. The fourth-order valence-corrected chi connectivity index (χ4v) is 0.981. The van der Waals surface area contributed by atoms with Crippen LogP contribution in [0.1, 0.15) is 31.1 Å². The molecule has 0 atom stereocenters. The van der Waals surface area contributed by atoms with Crippen LogP contribution in [0.4, 0.5) is 0 Å². The number of hydrogen-bond donors (Lipinski definition) is 0. The fourth-order valence-electron chi connectivity index (χ4n) is 0.981. The SMILES string of the molecule is O=C([O-])c1cc(C(=O)[O-])cc(C(=O)[O-])c1.[Li+].[Li+].[Li+]. The van der Waals surface area contributed by atoms with Crippen LogP contribution in [0, 0.1) is 0 Å². The van der Waals surface area contributed by atoms with Crippen molar-refractivity contribution in [2.45, 2.75) is 0 Å². The summed E-state index contributed by atoms with van der Waals surface area (Å²) >= 11 is 0. The molecule has 0 aromatic heterocycles. The molecule has 18 heavy (non-hydrogen) atoms. The number of carbonyl (C=O) groups is 3. The van der Waals surface area contributed by atoms with Crippen molar-refractivity contribution in [1.82, 2.24) is 0 Å². The number of aromatic carboxylic acids is 3. The van der Waals surface area contributed by atoms with Gasteiger partial charge in [0, 0.05) is 0 Å². The van der Waals surface area contributed by atoms with Crippen LogP contribution in [0.3, 0.4) is 0 Å². The molecule has 6 nitrogen and oxygen atoms in total. The Hall–Kier alpha value is -0.578. The van der Waals surface area contributed by atoms with E-state index in [1.807, 2.05) is 0 Å². The van der Waals surface area contributed by atoms with E-state index in [9.17, 15) is 29.7 Å². The van der Waals surface area contributed by atoms with Gasteiger partial charge in [0.1, 0.15) is 0 Å². The molecule has 0 amide bonds. The van der Waals surface area contributed by atoms with Gasteiger partial charge in [0.25, 0.3) is 0 Å². The predicted octanol–water partition coefficient (Wildman–Crippen LogP) is -12.2. The van der Waals surface area contributed by atoms with Gasteiger partial charge in [-0.25, -0.2) is 0 Å². The Labute approximate surface area is 138 Å². The van der Waals surface area contributed by atoms with Crippen molar-refractivity contribution < 1.29 is 86.3 Å². The zero-order chi connectivity index (χ0) is 11.6. The van der Waals surface area contributed by atoms with E-state index < -0.39 is 34.6 Å². The van der Waals surface area contributed by atoms with E-state index in [1.54, 1.807) is 0 Å². The minimum absolute atomic E-state index is 0. The van der Waals surface area contributed by atoms with E-state index in [4.69, 9.17) is 0 Å². The van der Waals surface area contributed by atoms with E-state index in [0.29, 0.717) is 0 Å². The van der Waals surface area contributed by atoms with E-state index in [1.165, 1.54) is 0 Å². The average Bonchev–Trinajstić information content (AvgIpc) is 2.16. The molecule has 0 radical (unpaired) electrons. The van der Waals surface area contributed by atoms with Crippen molar-refractivity contribution >= 4 is 17.9 Å². The standard InChI is InChI=1S/C9H6O6.3Li/c10-7(11)4-1-5(8(12)13)3-6(2-4)9(14)15;;;/h1-3H,(H,10,11)(H,12,13)(H,14,15);;;/q;3*+1/p-3. The van der Waals surface area contributed by atoms with E-state index in [-0.39, 0.29) is 56.6 Å². The number of carbonyl (C=O) groups excluding carboxylic acids is 3. The van der Waals surface area contributed by atoms with Crippen LogP contribution in [0.15, 0.2) is 18.2 Å². The van der Waals surface area contributed by atoms with Crippen LogP contribution in [0.2, 0.25) is 0 Å². The van der Waals surface area contributed by atoms with Crippen molar-refractivity contribution in [2.75, 3.05) is 0 Å². The van der Waals surface area contributed by atoms with Crippen molar-refractivity contribution in [3.05, 3.63) is 34.9 Å². The van der Waals surface area contributed by atoms with Crippen LogP contribution < -0.4 is 71.9 Å². The molecule has 0 aliphatic carbocycles. The quantitative estimate of drug-likeness (QED) is 0.473. The first-order chi connectivity index (χ1) is 6.91. The third-order valence-corrected chi connectivity index (χ3v) is 1.64. The van der Waals surface area contributed by atoms with Crippen LogP contribution in [0.5, 0.6) is 0 Å². The first-order valence-electron chi connectivity index (χ1n) is 3.71. The molecule has 0 N–H and O–H groups in total. The maximum atomic E-state index is 10.4. The van der Waals surface area contributed by atoms with Gasteiger partial charge in [-0.15, -0.1) is 0 Å². The van der Waals surface area contributed by atoms with Gasteiger partial charge >= 0.3 is 56.6 Å². The number of carboxylic acids is 3. The molecule has 0 saturated heterocycles. The molecule has 9 heteroatoms. The smallest absolute Gasteiger partial charge is 0.545 e. The second kappa shape index (κ2) is 9.37. The summed E-state index contributed by atoms with van der Waals surface area (Å²) in [5, 5.41) is 31.2. The van der Waals surface area contributed by atoms with Gasteiger partial charge in [-0.2, -0.15) is 0 Å². The van der Waals surface area contributed by atoms with Gasteiger partial charge in [-0.1, -0.05) is 0 Å². The monoisotopic (exact) mass is 228 g/mol. The second-order valence-corrected chi connectivity index (χ2v) is 2.66. The van der Waals surface area contributed by atoms with Crippen LogP contribution in [-0.4, -0.2) is 17.9 Å². The van der Waals surface area contributed by atoms with Crippen LogP contribution in [-0.2, 0) is 0 Å². The minimum atomic E-state index is -1.68. The normalized spacial score (nSPS) is 8.00. The van der Waals surface area contributed by atoms with E-state index in [2.05, 4.69) is 0 Å². The number of carboxylic acid groups (broad SMARTS) is 3. The summed E-state index contributed by atoms with van der Waals surface area (Å²) in [4.78, 5) is 31.2. The zero-order valence-electron chi connectivity index (χ0n) is 10.2. The minimum Gasteiger partial charge on any atom is -0.545 e. The third-order valence-electron chi connectivity index (χ3n) is 1.64. The van der Waals surface area contributed by atoms with Crippen molar-refractivity contribution in [3.8, 4) is 0 Å². The van der Waals surface area contributed by atoms with Gasteiger partial charge < -0.3 is 29.7 Å². The van der Waals surface area contributed by atoms with E-state index in [0.717, 1.165) is 18.2 Å². The summed E-state index contributed by atoms with van der Waals surface area (Å²) < 4.78 is 0. The molecule has 1 rings (SSSR count). The summed E-state index contributed by atoms with van der Waals surface area (Å²) in [6.07, 6.45) is 0. The molecule has 0 aliphatic rings. The number of rotatable bonds is 3. The maximum Gasteiger partial charge on any atom is 1.00 e. The molecule has 0 spiro atoms. The topological polar surface area (TPSA) is 120 Å². The van der Waals surface area contributed by atoms with Gasteiger partial charge in [0.15, 0.2) is 0 Å². The zero-order valence-corrected chi connectivity index (χ0v) is 10.2. The molecule has 0 bridgehead atoms. The first kappa shape index (κ1) is 22.6. The van der Waals surface area contributed by atoms with Crippen molar-refractivity contribution in [2.24, 2.45) is 0 Å². The Balaban J connectivity index is -0.000000750. The van der Waals surface area contributed by atoms with Crippen LogP contribution >= 0.6 is 0 Å². The van der Waals surface area contributed by atoms with Gasteiger partial charge in [-0.3, -0.25) is 0 Å². The van der Waals surface area contributed by atoms with Crippen LogP contribution in [0.25, 0.3) is 0 Å². The molecule has 0 aliphatic heterocycles. The van der Waals surface area contributed by atoms with Gasteiger partial charge in [-0.05, 0) is 34.9 Å². The maximum absolute atomic E-state index is 10.4. The molecule has 0 heterocycles. The number of hydrogen-bond acceptors (Lipinski definition) is 6.